The molecule has 2 aromatic rings. The maximum absolute atomic E-state index is 13.4. The molecule has 7 heteroatoms. The highest BCUT2D eigenvalue weighted by Crippen LogP contribution is 2.30. The van der Waals surface area contributed by atoms with Crippen molar-refractivity contribution in [3.8, 4) is 0 Å². The first kappa shape index (κ1) is 14.4. The molecule has 20 heavy (non-hydrogen) atoms. The van der Waals surface area contributed by atoms with Gasteiger partial charge in [0.2, 0.25) is 0 Å². The second-order valence-corrected chi connectivity index (χ2v) is 5.02. The SMILES string of the molecule is Cc1cccnc1CNc1cc(Br)c(F)cc1[N+](=O)[O-]. The molecular weight excluding hydrogens is 329 g/mol. The molecule has 0 amide bonds. The summed E-state index contributed by atoms with van der Waals surface area (Å²) < 4.78 is 13.5. The van der Waals surface area contributed by atoms with Crippen LogP contribution in [0.25, 0.3) is 0 Å². The van der Waals surface area contributed by atoms with Crippen molar-refractivity contribution >= 4 is 27.3 Å². The Balaban J connectivity index is 2.27. The monoisotopic (exact) mass is 339 g/mol. The molecule has 1 aromatic carbocycles. The average molecular weight is 340 g/mol. The number of rotatable bonds is 4. The van der Waals surface area contributed by atoms with Gasteiger partial charge in [0, 0.05) is 6.20 Å². The molecule has 0 saturated heterocycles. The molecule has 0 fully saturated rings. The van der Waals surface area contributed by atoms with Crippen molar-refractivity contribution < 1.29 is 9.31 Å². The number of hydrogen-bond donors (Lipinski definition) is 1. The van der Waals surface area contributed by atoms with Crippen LogP contribution in [0.4, 0.5) is 15.8 Å². The third kappa shape index (κ3) is 3.11. The molecule has 104 valence electrons. The second kappa shape index (κ2) is 5.96. The van der Waals surface area contributed by atoms with Gasteiger partial charge in [0.15, 0.2) is 0 Å². The van der Waals surface area contributed by atoms with E-state index in [0.29, 0.717) is 6.54 Å². The summed E-state index contributed by atoms with van der Waals surface area (Å²) in [7, 11) is 0. The van der Waals surface area contributed by atoms with Gasteiger partial charge in [0.1, 0.15) is 11.5 Å². The van der Waals surface area contributed by atoms with E-state index in [1.54, 1.807) is 6.20 Å². The Morgan fingerprint density at radius 1 is 1.50 bits per heavy atom. The van der Waals surface area contributed by atoms with Crippen molar-refractivity contribution in [2.24, 2.45) is 0 Å². The van der Waals surface area contributed by atoms with Gasteiger partial charge >= 0.3 is 0 Å². The molecule has 1 aromatic heterocycles. The summed E-state index contributed by atoms with van der Waals surface area (Å²) in [6.45, 7) is 2.23. The smallest absolute Gasteiger partial charge is 0.295 e. The maximum atomic E-state index is 13.4. The van der Waals surface area contributed by atoms with Gasteiger partial charge in [-0.25, -0.2) is 4.39 Å². The molecule has 0 saturated carbocycles. The molecule has 0 aliphatic carbocycles. The topological polar surface area (TPSA) is 68.1 Å². The zero-order chi connectivity index (χ0) is 14.7. The molecular formula is C13H11BrFN3O2. The first-order valence-corrected chi connectivity index (χ1v) is 6.56. The number of anilines is 1. The minimum Gasteiger partial charge on any atom is -0.374 e. The van der Waals surface area contributed by atoms with E-state index in [2.05, 4.69) is 26.2 Å². The summed E-state index contributed by atoms with van der Waals surface area (Å²) in [6, 6.07) is 5.96. The van der Waals surface area contributed by atoms with Gasteiger partial charge in [0.25, 0.3) is 5.69 Å². The fourth-order valence-corrected chi connectivity index (χ4v) is 2.05. The Kier molecular flexibility index (Phi) is 4.29. The van der Waals surface area contributed by atoms with Crippen LogP contribution >= 0.6 is 15.9 Å². The second-order valence-electron chi connectivity index (χ2n) is 4.16. The predicted molar refractivity (Wildman–Crippen MR) is 77.1 cm³/mol. The molecule has 0 aliphatic heterocycles. The Morgan fingerprint density at radius 2 is 2.25 bits per heavy atom. The Hall–Kier alpha value is -2.02. The predicted octanol–water partition coefficient (Wildman–Crippen LogP) is 3.81. The van der Waals surface area contributed by atoms with Gasteiger partial charge in [-0.3, -0.25) is 15.1 Å². The zero-order valence-corrected chi connectivity index (χ0v) is 12.1. The lowest BCUT2D eigenvalue weighted by Crippen LogP contribution is -2.06. The number of nitrogens with zero attached hydrogens (tertiary/aromatic N) is 2. The van der Waals surface area contributed by atoms with E-state index in [9.17, 15) is 14.5 Å². The van der Waals surface area contributed by atoms with E-state index in [4.69, 9.17) is 0 Å². The maximum Gasteiger partial charge on any atom is 0.295 e. The number of aromatic nitrogens is 1. The summed E-state index contributed by atoms with van der Waals surface area (Å²) in [5, 5.41) is 13.9. The highest BCUT2D eigenvalue weighted by molar-refractivity contribution is 9.10. The number of pyridine rings is 1. The van der Waals surface area contributed by atoms with Crippen LogP contribution in [-0.2, 0) is 6.54 Å². The Morgan fingerprint density at radius 3 is 2.90 bits per heavy atom. The van der Waals surface area contributed by atoms with Crippen LogP contribution in [0.5, 0.6) is 0 Å². The van der Waals surface area contributed by atoms with E-state index in [-0.39, 0.29) is 15.8 Å². The molecule has 0 aliphatic rings. The standard InChI is InChI=1S/C13H11BrFN3O2/c1-8-3-2-4-16-12(8)7-17-11-5-9(14)10(15)6-13(11)18(19)20/h2-6,17H,7H2,1H3. The van der Waals surface area contributed by atoms with Crippen LogP contribution in [0.1, 0.15) is 11.3 Å². The van der Waals surface area contributed by atoms with Crippen molar-refractivity contribution in [1.29, 1.82) is 0 Å². The fourth-order valence-electron chi connectivity index (χ4n) is 1.71. The minimum absolute atomic E-state index is 0.170. The van der Waals surface area contributed by atoms with Crippen LogP contribution in [0.2, 0.25) is 0 Å². The highest BCUT2D eigenvalue weighted by Gasteiger charge is 2.17. The first-order chi connectivity index (χ1) is 9.49. The number of halogens is 2. The largest absolute Gasteiger partial charge is 0.374 e. The Bertz CT molecular complexity index is 664. The average Bonchev–Trinajstić information content (AvgIpc) is 2.41. The van der Waals surface area contributed by atoms with Crippen LogP contribution in [0, 0.1) is 22.9 Å². The first-order valence-electron chi connectivity index (χ1n) is 5.77. The molecule has 0 unspecified atom stereocenters. The fraction of sp³-hybridized carbons (Fsp3) is 0.154. The molecule has 1 heterocycles. The van der Waals surface area contributed by atoms with E-state index < -0.39 is 10.7 Å². The molecule has 2 rings (SSSR count). The van der Waals surface area contributed by atoms with Gasteiger partial charge < -0.3 is 5.32 Å². The van der Waals surface area contributed by atoms with Crippen molar-refractivity contribution in [2.75, 3.05) is 5.32 Å². The number of nitro groups is 1. The molecule has 1 N–H and O–H groups in total. The molecule has 0 spiro atoms. The molecule has 5 nitrogen and oxygen atoms in total. The lowest BCUT2D eigenvalue weighted by atomic mass is 10.2. The van der Waals surface area contributed by atoms with Crippen LogP contribution < -0.4 is 5.32 Å². The van der Waals surface area contributed by atoms with E-state index >= 15 is 0 Å². The van der Waals surface area contributed by atoms with Crippen molar-refractivity contribution in [3.05, 3.63) is 62.1 Å². The van der Waals surface area contributed by atoms with Gasteiger partial charge in [-0.1, -0.05) is 6.07 Å². The summed E-state index contributed by atoms with van der Waals surface area (Å²) in [5.74, 6) is -0.670. The van der Waals surface area contributed by atoms with E-state index in [1.165, 1.54) is 6.07 Å². The summed E-state index contributed by atoms with van der Waals surface area (Å²) in [6.07, 6.45) is 1.65. The quantitative estimate of drug-likeness (QED) is 0.679. The highest BCUT2D eigenvalue weighted by atomic mass is 79.9. The van der Waals surface area contributed by atoms with Crippen LogP contribution in [0.15, 0.2) is 34.9 Å². The zero-order valence-electron chi connectivity index (χ0n) is 10.6. The lowest BCUT2D eigenvalue weighted by molar-refractivity contribution is -0.384. The van der Waals surface area contributed by atoms with Gasteiger partial charge in [-0.2, -0.15) is 0 Å². The lowest BCUT2D eigenvalue weighted by Gasteiger charge is -2.09. The summed E-state index contributed by atoms with van der Waals surface area (Å²) >= 11 is 3.02. The van der Waals surface area contributed by atoms with Crippen molar-refractivity contribution in [2.45, 2.75) is 13.5 Å². The third-order valence-corrected chi connectivity index (χ3v) is 3.41. The molecule has 0 radical (unpaired) electrons. The summed E-state index contributed by atoms with van der Waals surface area (Å²) in [5.41, 5.74) is 1.69. The van der Waals surface area contributed by atoms with Gasteiger partial charge in [-0.05, 0) is 40.5 Å². The van der Waals surface area contributed by atoms with Gasteiger partial charge in [0.05, 0.1) is 27.7 Å². The number of aryl methyl sites for hydroxylation is 1. The number of nitro benzene ring substituents is 1. The minimum atomic E-state index is -0.670. The number of hydrogen-bond acceptors (Lipinski definition) is 4. The van der Waals surface area contributed by atoms with E-state index in [1.807, 2.05) is 19.1 Å². The molecule has 0 atom stereocenters. The number of benzene rings is 1. The van der Waals surface area contributed by atoms with E-state index in [0.717, 1.165) is 17.3 Å². The van der Waals surface area contributed by atoms with Crippen molar-refractivity contribution in [1.82, 2.24) is 4.98 Å². The van der Waals surface area contributed by atoms with Crippen LogP contribution in [-0.4, -0.2) is 9.91 Å². The van der Waals surface area contributed by atoms with Crippen LogP contribution in [0.3, 0.4) is 0 Å². The summed E-state index contributed by atoms with van der Waals surface area (Å²) in [4.78, 5) is 14.5. The van der Waals surface area contributed by atoms with Gasteiger partial charge in [-0.15, -0.1) is 0 Å². The third-order valence-electron chi connectivity index (χ3n) is 2.80. The molecule has 0 bridgehead atoms. The number of nitrogens with one attached hydrogen (secondary N) is 1. The normalized spacial score (nSPS) is 10.3. The van der Waals surface area contributed by atoms with Crippen molar-refractivity contribution in [3.63, 3.8) is 0 Å². The Labute approximate surface area is 123 Å².